The molecule has 94 valence electrons. The van der Waals surface area contributed by atoms with E-state index < -0.39 is 0 Å². The molecule has 2 aromatic heterocycles. The van der Waals surface area contributed by atoms with E-state index in [9.17, 15) is 0 Å². The number of hydrogen-bond donors (Lipinski definition) is 0. The summed E-state index contributed by atoms with van der Waals surface area (Å²) < 4.78 is 8.30. The Labute approximate surface area is 113 Å². The lowest BCUT2D eigenvalue weighted by Crippen LogP contribution is -2.42. The van der Waals surface area contributed by atoms with E-state index in [4.69, 9.17) is 4.74 Å². The molecule has 0 amide bonds. The van der Waals surface area contributed by atoms with Gasteiger partial charge in [0.25, 0.3) is 0 Å². The molecule has 0 spiro atoms. The van der Waals surface area contributed by atoms with Crippen LogP contribution in [-0.4, -0.2) is 39.9 Å². The normalized spacial score (nSPS) is 27.1. The zero-order valence-electron chi connectivity index (χ0n) is 9.79. The number of halogens is 1. The Balaban J connectivity index is 1.69. The van der Waals surface area contributed by atoms with E-state index >= 15 is 0 Å². The second-order valence-electron chi connectivity index (χ2n) is 4.93. The minimum absolute atomic E-state index is 0.405. The average Bonchev–Trinajstić information content (AvgIpc) is 2.89. The van der Waals surface area contributed by atoms with Crippen LogP contribution in [0.25, 0.3) is 5.65 Å². The summed E-state index contributed by atoms with van der Waals surface area (Å²) in [5.41, 5.74) is 2.06. The number of morpholine rings is 1. The van der Waals surface area contributed by atoms with Gasteiger partial charge in [0, 0.05) is 13.1 Å². The van der Waals surface area contributed by atoms with Crippen molar-refractivity contribution in [3.8, 4) is 0 Å². The van der Waals surface area contributed by atoms with Gasteiger partial charge in [-0.2, -0.15) is 0 Å². The molecule has 0 radical (unpaired) electrons. The summed E-state index contributed by atoms with van der Waals surface area (Å²) in [5, 5.41) is 4.29. The largest absolute Gasteiger partial charge is 0.371 e. The van der Waals surface area contributed by atoms with Crippen molar-refractivity contribution in [2.75, 3.05) is 18.0 Å². The van der Waals surface area contributed by atoms with Crippen molar-refractivity contribution in [1.82, 2.24) is 14.6 Å². The van der Waals surface area contributed by atoms with Gasteiger partial charge in [0.15, 0.2) is 5.65 Å². The van der Waals surface area contributed by atoms with Gasteiger partial charge in [-0.3, -0.25) is 0 Å². The molecule has 2 saturated heterocycles. The van der Waals surface area contributed by atoms with Crippen LogP contribution in [0.1, 0.15) is 12.8 Å². The molecule has 2 fully saturated rings. The van der Waals surface area contributed by atoms with Crippen molar-refractivity contribution in [2.45, 2.75) is 25.0 Å². The predicted molar refractivity (Wildman–Crippen MR) is 70.8 cm³/mol. The third-order valence-electron chi connectivity index (χ3n) is 3.70. The number of aromatic nitrogens is 3. The van der Waals surface area contributed by atoms with Crippen molar-refractivity contribution in [2.24, 2.45) is 0 Å². The first-order chi connectivity index (χ1) is 8.78. The fraction of sp³-hybridized carbons (Fsp3) is 0.500. The van der Waals surface area contributed by atoms with E-state index in [1.807, 2.05) is 16.8 Å². The van der Waals surface area contributed by atoms with Crippen molar-refractivity contribution in [1.29, 1.82) is 0 Å². The lowest BCUT2D eigenvalue weighted by molar-refractivity contribution is 0.0304. The topological polar surface area (TPSA) is 42.7 Å². The quantitative estimate of drug-likeness (QED) is 0.806. The van der Waals surface area contributed by atoms with E-state index in [2.05, 4.69) is 37.0 Å². The van der Waals surface area contributed by atoms with E-state index in [-0.39, 0.29) is 0 Å². The van der Waals surface area contributed by atoms with Crippen LogP contribution in [0.15, 0.2) is 23.1 Å². The number of rotatable bonds is 1. The molecular weight excluding hydrogens is 296 g/mol. The maximum atomic E-state index is 5.86. The zero-order chi connectivity index (χ0) is 12.1. The van der Waals surface area contributed by atoms with Gasteiger partial charge >= 0.3 is 0 Å². The first kappa shape index (κ1) is 10.8. The van der Waals surface area contributed by atoms with Gasteiger partial charge in [0.1, 0.15) is 0 Å². The van der Waals surface area contributed by atoms with Crippen LogP contribution in [0, 0.1) is 0 Å². The minimum Gasteiger partial charge on any atom is -0.371 e. The summed E-state index contributed by atoms with van der Waals surface area (Å²) in [5.74, 6) is 0. The smallest absolute Gasteiger partial charge is 0.218 e. The van der Waals surface area contributed by atoms with Gasteiger partial charge < -0.3 is 9.64 Å². The zero-order valence-corrected chi connectivity index (χ0v) is 11.4. The maximum Gasteiger partial charge on any atom is 0.218 e. The van der Waals surface area contributed by atoms with Gasteiger partial charge in [-0.15, -0.1) is 5.10 Å². The third kappa shape index (κ3) is 1.71. The minimum atomic E-state index is 0.405. The summed E-state index contributed by atoms with van der Waals surface area (Å²) in [6.45, 7) is 1.97. The molecule has 2 aliphatic heterocycles. The molecule has 6 heteroatoms. The SMILES string of the molecule is Brc1nc2ccc(N3CC4CCC(C3)O4)cn2n1. The van der Waals surface area contributed by atoms with Gasteiger partial charge in [0.2, 0.25) is 4.73 Å². The summed E-state index contributed by atoms with van der Waals surface area (Å²) in [7, 11) is 0. The lowest BCUT2D eigenvalue weighted by atomic mass is 10.2. The van der Waals surface area contributed by atoms with Crippen molar-refractivity contribution in [3.05, 3.63) is 23.1 Å². The molecule has 4 rings (SSSR count). The van der Waals surface area contributed by atoms with Crippen LogP contribution in [0.5, 0.6) is 0 Å². The molecule has 0 saturated carbocycles. The number of anilines is 1. The van der Waals surface area contributed by atoms with Crippen LogP contribution < -0.4 is 4.90 Å². The molecule has 0 N–H and O–H groups in total. The molecule has 2 atom stereocenters. The predicted octanol–water partition coefficient (Wildman–Crippen LogP) is 1.86. The Morgan fingerprint density at radius 1 is 1.22 bits per heavy atom. The molecule has 2 aromatic rings. The summed E-state index contributed by atoms with van der Waals surface area (Å²) in [4.78, 5) is 6.66. The number of hydrogen-bond acceptors (Lipinski definition) is 4. The highest BCUT2D eigenvalue weighted by molar-refractivity contribution is 9.10. The van der Waals surface area contributed by atoms with Crippen molar-refractivity contribution < 1.29 is 4.74 Å². The number of fused-ring (bicyclic) bond motifs is 3. The molecule has 0 aliphatic carbocycles. The third-order valence-corrected chi connectivity index (χ3v) is 4.03. The highest BCUT2D eigenvalue weighted by Crippen LogP contribution is 2.29. The van der Waals surface area contributed by atoms with Crippen LogP contribution in [0.2, 0.25) is 0 Å². The standard InChI is InChI=1S/C12H13BrN4O/c13-12-14-11-4-1-8(5-17(11)15-12)16-6-9-2-3-10(7-16)18-9/h1,4-5,9-10H,2-3,6-7H2. The van der Waals surface area contributed by atoms with Crippen LogP contribution >= 0.6 is 15.9 Å². The van der Waals surface area contributed by atoms with Crippen LogP contribution in [-0.2, 0) is 4.74 Å². The molecule has 0 aromatic carbocycles. The van der Waals surface area contributed by atoms with Crippen LogP contribution in [0.4, 0.5) is 5.69 Å². The lowest BCUT2D eigenvalue weighted by Gasteiger charge is -2.33. The fourth-order valence-electron chi connectivity index (χ4n) is 2.86. The maximum absolute atomic E-state index is 5.86. The van der Waals surface area contributed by atoms with Gasteiger partial charge in [-0.25, -0.2) is 9.50 Å². The second-order valence-corrected chi connectivity index (χ2v) is 5.64. The number of ether oxygens (including phenoxy) is 1. The Hall–Kier alpha value is -1.14. The summed E-state index contributed by atoms with van der Waals surface area (Å²) in [6.07, 6.45) is 5.23. The van der Waals surface area contributed by atoms with E-state index in [0.717, 1.165) is 18.7 Å². The highest BCUT2D eigenvalue weighted by atomic mass is 79.9. The Morgan fingerprint density at radius 3 is 2.78 bits per heavy atom. The molecule has 18 heavy (non-hydrogen) atoms. The second kappa shape index (κ2) is 3.93. The van der Waals surface area contributed by atoms with Crippen molar-refractivity contribution >= 4 is 27.3 Å². The highest BCUT2D eigenvalue weighted by Gasteiger charge is 2.33. The Morgan fingerprint density at radius 2 is 2.00 bits per heavy atom. The number of pyridine rings is 1. The van der Waals surface area contributed by atoms with E-state index in [1.54, 1.807) is 0 Å². The van der Waals surface area contributed by atoms with E-state index in [0.29, 0.717) is 16.9 Å². The van der Waals surface area contributed by atoms with Crippen LogP contribution in [0.3, 0.4) is 0 Å². The Kier molecular flexibility index (Phi) is 2.35. The van der Waals surface area contributed by atoms with Gasteiger partial charge in [-0.05, 0) is 40.9 Å². The number of nitrogens with zero attached hydrogens (tertiary/aromatic N) is 4. The molecule has 5 nitrogen and oxygen atoms in total. The molecular formula is C12H13BrN4O. The Bertz CT molecular complexity index is 587. The molecule has 2 bridgehead atoms. The van der Waals surface area contributed by atoms with Crippen molar-refractivity contribution in [3.63, 3.8) is 0 Å². The first-order valence-corrected chi connectivity index (χ1v) is 6.99. The first-order valence-electron chi connectivity index (χ1n) is 6.20. The average molecular weight is 309 g/mol. The fourth-order valence-corrected chi connectivity index (χ4v) is 3.21. The summed E-state index contributed by atoms with van der Waals surface area (Å²) >= 11 is 3.30. The van der Waals surface area contributed by atoms with Gasteiger partial charge in [0.05, 0.1) is 24.1 Å². The molecule has 4 heterocycles. The summed E-state index contributed by atoms with van der Waals surface area (Å²) in [6, 6.07) is 4.12. The van der Waals surface area contributed by atoms with Gasteiger partial charge in [-0.1, -0.05) is 0 Å². The van der Waals surface area contributed by atoms with E-state index in [1.165, 1.54) is 18.5 Å². The monoisotopic (exact) mass is 308 g/mol. The molecule has 2 aliphatic rings. The molecule has 2 unspecified atom stereocenters.